The standard InChI is InChI=1S/C19H17F3N4OS/c20-19(21,22)17-4-2-14(9-23-17)26-6-5-13(10-26)25-18(27)8-12-1-3-15-16(7-12)28-11-24-15/h1-4,7,9,11,13H,5-6,8,10H2,(H,25,27)/t13-/m1/s1. The van der Waals surface area contributed by atoms with Crippen LogP contribution in [0.3, 0.4) is 0 Å². The molecule has 1 amide bonds. The van der Waals surface area contributed by atoms with E-state index in [0.29, 0.717) is 18.8 Å². The van der Waals surface area contributed by atoms with Crippen molar-refractivity contribution in [3.8, 4) is 0 Å². The van der Waals surface area contributed by atoms with Gasteiger partial charge >= 0.3 is 6.18 Å². The van der Waals surface area contributed by atoms with E-state index in [1.807, 2.05) is 23.1 Å². The number of alkyl halides is 3. The lowest BCUT2D eigenvalue weighted by Crippen LogP contribution is -2.38. The van der Waals surface area contributed by atoms with Crippen molar-refractivity contribution in [2.45, 2.75) is 25.1 Å². The van der Waals surface area contributed by atoms with Crippen LogP contribution in [0.25, 0.3) is 10.2 Å². The van der Waals surface area contributed by atoms with Crippen LogP contribution in [-0.4, -0.2) is 35.0 Å². The highest BCUT2D eigenvalue weighted by molar-refractivity contribution is 7.16. The highest BCUT2D eigenvalue weighted by Crippen LogP contribution is 2.29. The first-order chi connectivity index (χ1) is 13.4. The molecule has 4 rings (SSSR count). The van der Waals surface area contributed by atoms with Gasteiger partial charge in [0.2, 0.25) is 5.91 Å². The summed E-state index contributed by atoms with van der Waals surface area (Å²) in [6.45, 7) is 1.21. The van der Waals surface area contributed by atoms with Gasteiger partial charge in [-0.3, -0.25) is 4.79 Å². The van der Waals surface area contributed by atoms with Crippen LogP contribution in [0.15, 0.2) is 42.0 Å². The van der Waals surface area contributed by atoms with Gasteiger partial charge in [0.1, 0.15) is 5.69 Å². The number of anilines is 1. The van der Waals surface area contributed by atoms with Gasteiger partial charge < -0.3 is 10.2 Å². The summed E-state index contributed by atoms with van der Waals surface area (Å²) in [4.78, 5) is 22.0. The molecule has 1 aliphatic heterocycles. The Bertz CT molecular complexity index is 987. The van der Waals surface area contributed by atoms with Crippen LogP contribution in [0.2, 0.25) is 0 Å². The molecule has 1 atom stereocenters. The summed E-state index contributed by atoms with van der Waals surface area (Å²) in [6.07, 6.45) is -2.19. The van der Waals surface area contributed by atoms with Crippen molar-refractivity contribution in [1.82, 2.24) is 15.3 Å². The second-order valence-corrected chi connectivity index (χ2v) is 7.62. The Morgan fingerprint density at radius 1 is 1.25 bits per heavy atom. The number of fused-ring (bicyclic) bond motifs is 1. The van der Waals surface area contributed by atoms with Gasteiger partial charge in [0.15, 0.2) is 0 Å². The van der Waals surface area contributed by atoms with Crippen molar-refractivity contribution in [2.24, 2.45) is 0 Å². The Kier molecular flexibility index (Phi) is 4.92. The number of hydrogen-bond donors (Lipinski definition) is 1. The number of nitrogens with zero attached hydrogens (tertiary/aromatic N) is 3. The second kappa shape index (κ2) is 7.38. The molecule has 2 aromatic heterocycles. The molecule has 3 aromatic rings. The first kappa shape index (κ1) is 18.7. The zero-order valence-electron chi connectivity index (χ0n) is 14.7. The maximum atomic E-state index is 12.6. The van der Waals surface area contributed by atoms with E-state index < -0.39 is 11.9 Å². The maximum absolute atomic E-state index is 12.6. The summed E-state index contributed by atoms with van der Waals surface area (Å²) in [5.74, 6) is -0.0683. The van der Waals surface area contributed by atoms with Crippen molar-refractivity contribution in [3.05, 3.63) is 53.3 Å². The number of amides is 1. The zero-order chi connectivity index (χ0) is 19.7. The Morgan fingerprint density at radius 3 is 2.86 bits per heavy atom. The lowest BCUT2D eigenvalue weighted by Gasteiger charge is -2.19. The predicted molar refractivity (Wildman–Crippen MR) is 101 cm³/mol. The van der Waals surface area contributed by atoms with Gasteiger partial charge in [0.25, 0.3) is 0 Å². The molecule has 0 spiro atoms. The summed E-state index contributed by atoms with van der Waals surface area (Å²) >= 11 is 1.54. The van der Waals surface area contributed by atoms with E-state index in [0.717, 1.165) is 28.3 Å². The molecule has 1 fully saturated rings. The zero-order valence-corrected chi connectivity index (χ0v) is 15.6. The number of rotatable bonds is 4. The fourth-order valence-corrected chi connectivity index (χ4v) is 4.07. The summed E-state index contributed by atoms with van der Waals surface area (Å²) < 4.78 is 38.9. The molecular weight excluding hydrogens is 389 g/mol. The number of carbonyl (C=O) groups excluding carboxylic acids is 1. The number of benzene rings is 1. The smallest absolute Gasteiger partial charge is 0.368 e. The van der Waals surface area contributed by atoms with E-state index in [4.69, 9.17) is 0 Å². The molecule has 0 bridgehead atoms. The van der Waals surface area contributed by atoms with E-state index in [1.54, 1.807) is 5.51 Å². The Morgan fingerprint density at radius 2 is 2.11 bits per heavy atom. The molecule has 1 aliphatic rings. The first-order valence-electron chi connectivity index (χ1n) is 8.78. The van der Waals surface area contributed by atoms with Crippen LogP contribution >= 0.6 is 11.3 Å². The van der Waals surface area contributed by atoms with Crippen molar-refractivity contribution in [3.63, 3.8) is 0 Å². The summed E-state index contributed by atoms with van der Waals surface area (Å²) in [5, 5.41) is 3.01. The number of halogens is 3. The third kappa shape index (κ3) is 4.09. The van der Waals surface area contributed by atoms with Gasteiger partial charge in [-0.05, 0) is 36.2 Å². The molecular formula is C19H17F3N4OS. The van der Waals surface area contributed by atoms with Crippen LogP contribution in [0.1, 0.15) is 17.7 Å². The van der Waals surface area contributed by atoms with Gasteiger partial charge in [-0.1, -0.05) is 6.07 Å². The number of hydrogen-bond acceptors (Lipinski definition) is 5. The fourth-order valence-electron chi connectivity index (χ4n) is 3.33. The average molecular weight is 406 g/mol. The predicted octanol–water partition coefficient (Wildman–Crippen LogP) is 3.65. The summed E-state index contributed by atoms with van der Waals surface area (Å²) in [6, 6.07) is 8.14. The molecule has 9 heteroatoms. The van der Waals surface area contributed by atoms with E-state index in [9.17, 15) is 18.0 Å². The number of pyridine rings is 1. The molecule has 1 aromatic carbocycles. The van der Waals surface area contributed by atoms with Crippen molar-refractivity contribution < 1.29 is 18.0 Å². The quantitative estimate of drug-likeness (QED) is 0.719. The normalized spacial score (nSPS) is 17.2. The van der Waals surface area contributed by atoms with E-state index in [1.165, 1.54) is 23.6 Å². The molecule has 3 heterocycles. The Balaban J connectivity index is 1.33. The summed E-state index contributed by atoms with van der Waals surface area (Å²) in [7, 11) is 0. The van der Waals surface area contributed by atoms with Gasteiger partial charge in [0.05, 0.1) is 34.0 Å². The van der Waals surface area contributed by atoms with Gasteiger partial charge in [-0.2, -0.15) is 13.2 Å². The van der Waals surface area contributed by atoms with Gasteiger partial charge in [0, 0.05) is 19.1 Å². The minimum atomic E-state index is -4.44. The number of thiazole rings is 1. The number of nitrogens with one attached hydrogen (secondary N) is 1. The number of aromatic nitrogens is 2. The minimum absolute atomic E-state index is 0.0399. The van der Waals surface area contributed by atoms with Crippen LogP contribution in [0, 0.1) is 0 Å². The van der Waals surface area contributed by atoms with Crippen molar-refractivity contribution in [2.75, 3.05) is 18.0 Å². The lowest BCUT2D eigenvalue weighted by molar-refractivity contribution is -0.141. The molecule has 28 heavy (non-hydrogen) atoms. The molecule has 0 unspecified atom stereocenters. The molecule has 0 saturated carbocycles. The first-order valence-corrected chi connectivity index (χ1v) is 9.66. The molecule has 1 saturated heterocycles. The molecule has 0 aliphatic carbocycles. The van der Waals surface area contributed by atoms with Crippen LogP contribution in [0.4, 0.5) is 18.9 Å². The third-order valence-corrected chi connectivity index (χ3v) is 5.51. The fraction of sp³-hybridized carbons (Fsp3) is 0.316. The Labute approximate surface area is 163 Å². The van der Waals surface area contributed by atoms with E-state index >= 15 is 0 Å². The Hall–Kier alpha value is -2.68. The minimum Gasteiger partial charge on any atom is -0.368 e. The average Bonchev–Trinajstić information content (AvgIpc) is 3.30. The summed E-state index contributed by atoms with van der Waals surface area (Å²) in [5.41, 5.74) is 3.35. The van der Waals surface area contributed by atoms with Crippen LogP contribution in [-0.2, 0) is 17.4 Å². The van der Waals surface area contributed by atoms with Crippen LogP contribution in [0.5, 0.6) is 0 Å². The lowest BCUT2D eigenvalue weighted by atomic mass is 10.1. The SMILES string of the molecule is O=C(Cc1ccc2ncsc2c1)N[C@@H]1CCN(c2ccc(C(F)(F)F)nc2)C1. The third-order valence-electron chi connectivity index (χ3n) is 4.72. The highest BCUT2D eigenvalue weighted by atomic mass is 32.1. The van der Waals surface area contributed by atoms with Crippen molar-refractivity contribution >= 4 is 33.1 Å². The molecule has 5 nitrogen and oxygen atoms in total. The monoisotopic (exact) mass is 406 g/mol. The number of carbonyl (C=O) groups is 1. The molecule has 146 valence electrons. The van der Waals surface area contributed by atoms with Crippen molar-refractivity contribution in [1.29, 1.82) is 0 Å². The van der Waals surface area contributed by atoms with Gasteiger partial charge in [-0.15, -0.1) is 11.3 Å². The van der Waals surface area contributed by atoms with E-state index in [-0.39, 0.29) is 18.4 Å². The highest BCUT2D eigenvalue weighted by Gasteiger charge is 2.32. The van der Waals surface area contributed by atoms with E-state index in [2.05, 4.69) is 15.3 Å². The van der Waals surface area contributed by atoms with Gasteiger partial charge in [-0.25, -0.2) is 9.97 Å². The van der Waals surface area contributed by atoms with Crippen LogP contribution < -0.4 is 10.2 Å². The molecule has 0 radical (unpaired) electrons. The molecule has 1 N–H and O–H groups in total. The second-order valence-electron chi connectivity index (χ2n) is 6.73. The topological polar surface area (TPSA) is 58.1 Å². The largest absolute Gasteiger partial charge is 0.433 e. The maximum Gasteiger partial charge on any atom is 0.433 e.